The molecule has 1 saturated heterocycles. The molecule has 1 aliphatic rings. The highest BCUT2D eigenvalue weighted by Gasteiger charge is 2.31. The maximum atomic E-state index is 12.5. The zero-order valence-corrected chi connectivity index (χ0v) is 12.2. The van der Waals surface area contributed by atoms with Crippen LogP contribution in [-0.2, 0) is 4.79 Å². The summed E-state index contributed by atoms with van der Waals surface area (Å²) in [5.74, 6) is -0.131. The SMILES string of the molecule is CCC1C(=O)NCCN1C(=O)c1ccc(N(C)C)cc1. The topological polar surface area (TPSA) is 52.7 Å². The van der Waals surface area contributed by atoms with Crippen molar-refractivity contribution in [3.8, 4) is 0 Å². The third kappa shape index (κ3) is 2.76. The molecule has 0 aliphatic carbocycles. The number of piperazine rings is 1. The molecule has 0 saturated carbocycles. The fraction of sp³-hybridized carbons (Fsp3) is 0.467. The van der Waals surface area contributed by atoms with E-state index in [1.807, 2.05) is 50.2 Å². The lowest BCUT2D eigenvalue weighted by Crippen LogP contribution is -2.56. The fourth-order valence-corrected chi connectivity index (χ4v) is 2.43. The lowest BCUT2D eigenvalue weighted by Gasteiger charge is -2.34. The molecular weight excluding hydrogens is 254 g/mol. The van der Waals surface area contributed by atoms with Crippen molar-refractivity contribution in [3.63, 3.8) is 0 Å². The molecule has 2 rings (SSSR count). The molecule has 2 amide bonds. The number of anilines is 1. The second kappa shape index (κ2) is 5.94. The summed E-state index contributed by atoms with van der Waals surface area (Å²) in [6.07, 6.45) is 0.632. The molecule has 0 bridgehead atoms. The Hall–Kier alpha value is -2.04. The van der Waals surface area contributed by atoms with E-state index in [2.05, 4.69) is 5.32 Å². The van der Waals surface area contributed by atoms with Crippen LogP contribution in [0.5, 0.6) is 0 Å². The summed E-state index contributed by atoms with van der Waals surface area (Å²) in [5, 5.41) is 2.80. The van der Waals surface area contributed by atoms with Gasteiger partial charge in [0.2, 0.25) is 5.91 Å². The summed E-state index contributed by atoms with van der Waals surface area (Å²) in [6, 6.07) is 7.11. The number of amides is 2. The van der Waals surface area contributed by atoms with Gasteiger partial charge in [-0.05, 0) is 30.7 Å². The van der Waals surface area contributed by atoms with Gasteiger partial charge < -0.3 is 15.1 Å². The number of nitrogens with one attached hydrogen (secondary N) is 1. The third-order valence-electron chi connectivity index (χ3n) is 3.61. The average molecular weight is 275 g/mol. The van der Waals surface area contributed by atoms with Gasteiger partial charge in [-0.3, -0.25) is 9.59 Å². The van der Waals surface area contributed by atoms with Crippen molar-refractivity contribution in [1.82, 2.24) is 10.2 Å². The fourth-order valence-electron chi connectivity index (χ4n) is 2.43. The second-order valence-electron chi connectivity index (χ2n) is 5.15. The highest BCUT2D eigenvalue weighted by molar-refractivity contribution is 5.98. The first-order valence-electron chi connectivity index (χ1n) is 6.90. The molecule has 20 heavy (non-hydrogen) atoms. The van der Waals surface area contributed by atoms with Gasteiger partial charge in [-0.25, -0.2) is 0 Å². The van der Waals surface area contributed by atoms with Crippen LogP contribution in [0.2, 0.25) is 0 Å². The van der Waals surface area contributed by atoms with Crippen molar-refractivity contribution in [3.05, 3.63) is 29.8 Å². The molecule has 1 aliphatic heterocycles. The zero-order chi connectivity index (χ0) is 14.7. The van der Waals surface area contributed by atoms with Crippen LogP contribution in [0.4, 0.5) is 5.69 Å². The minimum Gasteiger partial charge on any atom is -0.378 e. The van der Waals surface area contributed by atoms with Crippen molar-refractivity contribution >= 4 is 17.5 Å². The Labute approximate surface area is 119 Å². The maximum Gasteiger partial charge on any atom is 0.254 e. The van der Waals surface area contributed by atoms with Gasteiger partial charge >= 0.3 is 0 Å². The van der Waals surface area contributed by atoms with Crippen LogP contribution < -0.4 is 10.2 Å². The molecule has 1 heterocycles. The van der Waals surface area contributed by atoms with E-state index in [-0.39, 0.29) is 17.9 Å². The van der Waals surface area contributed by atoms with E-state index in [1.165, 1.54) is 0 Å². The minimum atomic E-state index is -0.357. The van der Waals surface area contributed by atoms with Gasteiger partial charge in [0.25, 0.3) is 5.91 Å². The first-order chi connectivity index (χ1) is 9.54. The molecule has 1 unspecified atom stereocenters. The van der Waals surface area contributed by atoms with Crippen LogP contribution in [0.3, 0.4) is 0 Å². The lowest BCUT2D eigenvalue weighted by molar-refractivity contribution is -0.127. The maximum absolute atomic E-state index is 12.5. The Balaban J connectivity index is 2.19. The van der Waals surface area contributed by atoms with Gasteiger partial charge in [0.15, 0.2) is 0 Å². The Morgan fingerprint density at radius 1 is 1.35 bits per heavy atom. The molecule has 1 aromatic rings. The van der Waals surface area contributed by atoms with Gasteiger partial charge in [0.1, 0.15) is 6.04 Å². The molecule has 5 nitrogen and oxygen atoms in total. The summed E-state index contributed by atoms with van der Waals surface area (Å²) in [5.41, 5.74) is 1.67. The summed E-state index contributed by atoms with van der Waals surface area (Å²) in [4.78, 5) is 28.0. The van der Waals surface area contributed by atoms with Crippen LogP contribution in [-0.4, -0.2) is 49.9 Å². The van der Waals surface area contributed by atoms with Crippen molar-refractivity contribution in [2.45, 2.75) is 19.4 Å². The summed E-state index contributed by atoms with van der Waals surface area (Å²) < 4.78 is 0. The number of carbonyl (C=O) groups is 2. The van der Waals surface area contributed by atoms with Gasteiger partial charge in [-0.15, -0.1) is 0 Å². The summed E-state index contributed by atoms with van der Waals surface area (Å²) in [6.45, 7) is 3.01. The number of nitrogens with zero attached hydrogens (tertiary/aromatic N) is 2. The van der Waals surface area contributed by atoms with Gasteiger partial charge in [-0.2, -0.15) is 0 Å². The van der Waals surface area contributed by atoms with E-state index in [0.717, 1.165) is 5.69 Å². The molecular formula is C15H21N3O2. The van der Waals surface area contributed by atoms with Crippen LogP contribution in [0.1, 0.15) is 23.7 Å². The van der Waals surface area contributed by atoms with E-state index < -0.39 is 0 Å². The number of hydrogen-bond acceptors (Lipinski definition) is 3. The molecule has 1 atom stereocenters. The number of benzene rings is 1. The monoisotopic (exact) mass is 275 g/mol. The minimum absolute atomic E-state index is 0.0583. The van der Waals surface area contributed by atoms with Crippen molar-refractivity contribution in [2.75, 3.05) is 32.1 Å². The summed E-state index contributed by atoms with van der Waals surface area (Å²) in [7, 11) is 3.91. The van der Waals surface area contributed by atoms with Crippen LogP contribution in [0.15, 0.2) is 24.3 Å². The molecule has 1 fully saturated rings. The third-order valence-corrected chi connectivity index (χ3v) is 3.61. The van der Waals surface area contributed by atoms with Crippen molar-refractivity contribution in [2.24, 2.45) is 0 Å². The van der Waals surface area contributed by atoms with E-state index in [0.29, 0.717) is 25.1 Å². The van der Waals surface area contributed by atoms with Crippen LogP contribution in [0.25, 0.3) is 0 Å². The number of rotatable bonds is 3. The largest absolute Gasteiger partial charge is 0.378 e. The van der Waals surface area contributed by atoms with Gasteiger partial charge in [0.05, 0.1) is 0 Å². The lowest BCUT2D eigenvalue weighted by atomic mass is 10.1. The smallest absolute Gasteiger partial charge is 0.254 e. The van der Waals surface area contributed by atoms with Crippen LogP contribution >= 0.6 is 0 Å². The summed E-state index contributed by atoms with van der Waals surface area (Å²) >= 11 is 0. The normalized spacial score (nSPS) is 18.6. The van der Waals surface area contributed by atoms with E-state index >= 15 is 0 Å². The molecule has 108 valence electrons. The average Bonchev–Trinajstić information content (AvgIpc) is 2.46. The Kier molecular flexibility index (Phi) is 4.27. The Bertz CT molecular complexity index is 496. The second-order valence-corrected chi connectivity index (χ2v) is 5.15. The molecule has 1 N–H and O–H groups in total. The van der Waals surface area contributed by atoms with Crippen molar-refractivity contribution < 1.29 is 9.59 Å². The van der Waals surface area contributed by atoms with E-state index in [1.54, 1.807) is 4.90 Å². The molecule has 1 aromatic carbocycles. The first kappa shape index (κ1) is 14.4. The highest BCUT2D eigenvalue weighted by Crippen LogP contribution is 2.17. The predicted octanol–water partition coefficient (Wildman–Crippen LogP) is 1.10. The molecule has 0 aromatic heterocycles. The van der Waals surface area contributed by atoms with E-state index in [9.17, 15) is 9.59 Å². The standard InChI is InChI=1S/C15H21N3O2/c1-4-13-14(19)16-9-10-18(13)15(20)11-5-7-12(8-6-11)17(2)3/h5-8,13H,4,9-10H2,1-3H3,(H,16,19). The molecule has 0 radical (unpaired) electrons. The Morgan fingerprint density at radius 3 is 2.55 bits per heavy atom. The van der Waals surface area contributed by atoms with E-state index in [4.69, 9.17) is 0 Å². The van der Waals surface area contributed by atoms with Crippen molar-refractivity contribution in [1.29, 1.82) is 0 Å². The van der Waals surface area contributed by atoms with Gasteiger partial charge in [-0.1, -0.05) is 6.92 Å². The number of carbonyl (C=O) groups excluding carboxylic acids is 2. The molecule has 5 heteroatoms. The van der Waals surface area contributed by atoms with Crippen LogP contribution in [0, 0.1) is 0 Å². The highest BCUT2D eigenvalue weighted by atomic mass is 16.2. The molecule has 0 spiro atoms. The zero-order valence-electron chi connectivity index (χ0n) is 12.2. The number of hydrogen-bond donors (Lipinski definition) is 1. The first-order valence-corrected chi connectivity index (χ1v) is 6.90. The quantitative estimate of drug-likeness (QED) is 0.899. The predicted molar refractivity (Wildman–Crippen MR) is 78.9 cm³/mol. The van der Waals surface area contributed by atoms with Gasteiger partial charge in [0, 0.05) is 38.4 Å². The Morgan fingerprint density at radius 2 is 2.00 bits per heavy atom.